The Morgan fingerprint density at radius 1 is 1.38 bits per heavy atom. The standard InChI is InChI=1S/C14H22N8O2/c1-18(2)11-8-20(9-12(11)21-7-5-15-17-21)13(23)4-6-22-14(24)19(3)10-16-22/h5,7,10-12H,4,6,8-9H2,1-3H3/t11-,12+/m1/s1. The molecule has 0 spiro atoms. The van der Waals surface area contributed by atoms with Crippen molar-refractivity contribution in [3.05, 3.63) is 29.2 Å². The van der Waals surface area contributed by atoms with Gasteiger partial charge in [0, 0.05) is 32.8 Å². The maximum absolute atomic E-state index is 12.5. The zero-order valence-electron chi connectivity index (χ0n) is 14.1. The molecule has 1 aliphatic heterocycles. The molecule has 1 saturated heterocycles. The number of hydrogen-bond acceptors (Lipinski definition) is 6. The van der Waals surface area contributed by atoms with E-state index in [1.165, 1.54) is 15.6 Å². The second-order valence-electron chi connectivity index (χ2n) is 6.28. The normalized spacial score (nSPS) is 20.9. The molecule has 3 rings (SSSR count). The topological polar surface area (TPSA) is 94.1 Å². The number of likely N-dealkylation sites (N-methyl/N-ethyl adjacent to an activating group) is 1. The molecule has 10 heteroatoms. The summed E-state index contributed by atoms with van der Waals surface area (Å²) in [5, 5.41) is 11.9. The second-order valence-corrected chi connectivity index (χ2v) is 6.28. The van der Waals surface area contributed by atoms with Crippen LogP contribution in [0.25, 0.3) is 0 Å². The lowest BCUT2D eigenvalue weighted by Gasteiger charge is -2.24. The smallest absolute Gasteiger partial charge is 0.339 e. The van der Waals surface area contributed by atoms with Crippen LogP contribution in [0.3, 0.4) is 0 Å². The van der Waals surface area contributed by atoms with Crippen molar-refractivity contribution in [3.8, 4) is 0 Å². The summed E-state index contributed by atoms with van der Waals surface area (Å²) in [5.41, 5.74) is -0.212. The van der Waals surface area contributed by atoms with Gasteiger partial charge >= 0.3 is 5.69 Å². The summed E-state index contributed by atoms with van der Waals surface area (Å²) in [7, 11) is 5.63. The number of hydrogen-bond donors (Lipinski definition) is 0. The Kier molecular flexibility index (Phi) is 4.47. The van der Waals surface area contributed by atoms with Crippen molar-refractivity contribution >= 4 is 5.91 Å². The maximum atomic E-state index is 12.5. The van der Waals surface area contributed by atoms with E-state index >= 15 is 0 Å². The third-order valence-electron chi connectivity index (χ3n) is 4.48. The molecule has 0 unspecified atom stereocenters. The monoisotopic (exact) mass is 334 g/mol. The predicted molar refractivity (Wildman–Crippen MR) is 85.2 cm³/mol. The fourth-order valence-electron chi connectivity index (χ4n) is 3.07. The van der Waals surface area contributed by atoms with Crippen LogP contribution in [0, 0.1) is 0 Å². The summed E-state index contributed by atoms with van der Waals surface area (Å²) in [5.74, 6) is 0.0158. The van der Waals surface area contributed by atoms with Crippen molar-refractivity contribution in [2.24, 2.45) is 7.05 Å². The Hall–Kier alpha value is -2.49. The molecule has 1 fully saturated rings. The Bertz CT molecular complexity index is 747. The van der Waals surface area contributed by atoms with Gasteiger partial charge in [-0.15, -0.1) is 5.10 Å². The molecule has 0 N–H and O–H groups in total. The van der Waals surface area contributed by atoms with Gasteiger partial charge in [-0.2, -0.15) is 5.10 Å². The van der Waals surface area contributed by atoms with Crippen LogP contribution in [-0.4, -0.2) is 78.3 Å². The van der Waals surface area contributed by atoms with Crippen molar-refractivity contribution in [3.63, 3.8) is 0 Å². The second kappa shape index (κ2) is 6.56. The van der Waals surface area contributed by atoms with Crippen molar-refractivity contribution in [1.82, 2.24) is 39.1 Å². The molecule has 2 aromatic rings. The Labute approximate surface area is 139 Å². The zero-order chi connectivity index (χ0) is 17.3. The van der Waals surface area contributed by atoms with E-state index in [0.29, 0.717) is 13.1 Å². The molecule has 10 nitrogen and oxygen atoms in total. The molecule has 0 saturated carbocycles. The first kappa shape index (κ1) is 16.4. The van der Waals surface area contributed by atoms with E-state index in [-0.39, 0.29) is 36.6 Å². The van der Waals surface area contributed by atoms with Gasteiger partial charge in [0.25, 0.3) is 0 Å². The van der Waals surface area contributed by atoms with Gasteiger partial charge in [-0.25, -0.2) is 14.2 Å². The molecule has 0 bridgehead atoms. The molecule has 1 amide bonds. The van der Waals surface area contributed by atoms with E-state index in [9.17, 15) is 9.59 Å². The van der Waals surface area contributed by atoms with Crippen molar-refractivity contribution in [1.29, 1.82) is 0 Å². The van der Waals surface area contributed by atoms with Gasteiger partial charge in [0.1, 0.15) is 6.33 Å². The number of amides is 1. The summed E-state index contributed by atoms with van der Waals surface area (Å²) in [6, 6.07) is 0.247. The van der Waals surface area contributed by atoms with Gasteiger partial charge in [0.15, 0.2) is 0 Å². The Morgan fingerprint density at radius 2 is 2.17 bits per heavy atom. The zero-order valence-corrected chi connectivity index (χ0v) is 14.1. The number of carbonyl (C=O) groups excluding carboxylic acids is 1. The van der Waals surface area contributed by atoms with Gasteiger partial charge in [-0.3, -0.25) is 9.36 Å². The quantitative estimate of drug-likeness (QED) is 0.666. The van der Waals surface area contributed by atoms with E-state index in [2.05, 4.69) is 20.3 Å². The van der Waals surface area contributed by atoms with Crippen LogP contribution in [0.4, 0.5) is 0 Å². The van der Waals surface area contributed by atoms with Gasteiger partial charge in [0.05, 0.1) is 24.8 Å². The highest BCUT2D eigenvalue weighted by atomic mass is 16.2. The SMILES string of the molecule is CN(C)[C@@H]1CN(C(=O)CCn2ncn(C)c2=O)C[C@@H]1n1ccnn1. The molecule has 0 radical (unpaired) electrons. The number of carbonyl (C=O) groups is 1. The lowest BCUT2D eigenvalue weighted by atomic mass is 10.1. The number of nitrogens with zero attached hydrogens (tertiary/aromatic N) is 8. The van der Waals surface area contributed by atoms with E-state index in [1.807, 2.05) is 25.2 Å². The van der Waals surface area contributed by atoms with Crippen LogP contribution >= 0.6 is 0 Å². The van der Waals surface area contributed by atoms with Crippen LogP contribution in [0.15, 0.2) is 23.5 Å². The largest absolute Gasteiger partial charge is 0.345 e. The number of likely N-dealkylation sites (tertiary alicyclic amines) is 1. The average Bonchev–Trinajstić information content (AvgIpc) is 3.26. The van der Waals surface area contributed by atoms with Crippen molar-refractivity contribution < 1.29 is 4.79 Å². The third kappa shape index (κ3) is 3.09. The van der Waals surface area contributed by atoms with Crippen LogP contribution in [0.5, 0.6) is 0 Å². The van der Waals surface area contributed by atoms with Crippen LogP contribution in [0.1, 0.15) is 12.5 Å². The van der Waals surface area contributed by atoms with Crippen LogP contribution in [-0.2, 0) is 18.4 Å². The molecule has 24 heavy (non-hydrogen) atoms. The summed E-state index contributed by atoms with van der Waals surface area (Å²) in [6.07, 6.45) is 5.17. The molecule has 2 aromatic heterocycles. The minimum atomic E-state index is -0.212. The highest BCUT2D eigenvalue weighted by Crippen LogP contribution is 2.24. The third-order valence-corrected chi connectivity index (χ3v) is 4.48. The fraction of sp³-hybridized carbons (Fsp3) is 0.643. The first-order chi connectivity index (χ1) is 11.5. The molecule has 1 aliphatic rings. The highest BCUT2D eigenvalue weighted by Gasteiger charge is 2.37. The van der Waals surface area contributed by atoms with Gasteiger partial charge in [-0.05, 0) is 14.1 Å². The molecule has 0 aliphatic carbocycles. The molecule has 130 valence electrons. The average molecular weight is 334 g/mol. The molecular formula is C14H22N8O2. The summed E-state index contributed by atoms with van der Waals surface area (Å²) >= 11 is 0. The lowest BCUT2D eigenvalue weighted by Crippen LogP contribution is -2.37. The predicted octanol–water partition coefficient (Wildman–Crippen LogP) is -1.42. The molecule has 2 atom stereocenters. The summed E-state index contributed by atoms with van der Waals surface area (Å²) in [4.78, 5) is 28.2. The van der Waals surface area contributed by atoms with E-state index in [1.54, 1.807) is 17.9 Å². The maximum Gasteiger partial charge on any atom is 0.345 e. The molecule has 0 aromatic carbocycles. The van der Waals surface area contributed by atoms with Crippen LogP contribution < -0.4 is 5.69 Å². The number of rotatable bonds is 5. The Morgan fingerprint density at radius 3 is 2.75 bits per heavy atom. The van der Waals surface area contributed by atoms with E-state index in [4.69, 9.17) is 0 Å². The van der Waals surface area contributed by atoms with E-state index < -0.39 is 0 Å². The van der Waals surface area contributed by atoms with Crippen molar-refractivity contribution in [2.45, 2.75) is 25.0 Å². The van der Waals surface area contributed by atoms with Crippen LogP contribution in [0.2, 0.25) is 0 Å². The van der Waals surface area contributed by atoms with Gasteiger partial charge < -0.3 is 9.80 Å². The molecular weight excluding hydrogens is 312 g/mol. The highest BCUT2D eigenvalue weighted by molar-refractivity contribution is 5.76. The summed E-state index contributed by atoms with van der Waals surface area (Å²) < 4.78 is 4.51. The molecule has 3 heterocycles. The minimum absolute atomic E-state index is 0.0158. The van der Waals surface area contributed by atoms with Gasteiger partial charge in [-0.1, -0.05) is 5.21 Å². The lowest BCUT2D eigenvalue weighted by molar-refractivity contribution is -0.130. The first-order valence-corrected chi connectivity index (χ1v) is 7.86. The van der Waals surface area contributed by atoms with Gasteiger partial charge in [0.2, 0.25) is 5.91 Å². The minimum Gasteiger partial charge on any atom is -0.339 e. The summed E-state index contributed by atoms with van der Waals surface area (Å²) in [6.45, 7) is 1.51. The van der Waals surface area contributed by atoms with Crippen molar-refractivity contribution in [2.75, 3.05) is 27.2 Å². The van der Waals surface area contributed by atoms with E-state index in [0.717, 1.165) is 0 Å². The first-order valence-electron chi connectivity index (χ1n) is 7.86. The fourth-order valence-corrected chi connectivity index (χ4v) is 3.07. The Balaban J connectivity index is 1.65. The number of aromatic nitrogens is 6. The number of aryl methyl sites for hydroxylation is 2.